The van der Waals surface area contributed by atoms with Gasteiger partial charge < -0.3 is 15.5 Å². The minimum Gasteiger partial charge on any atom is -0.340 e. The first-order chi connectivity index (χ1) is 12.7. The van der Waals surface area contributed by atoms with E-state index in [0.29, 0.717) is 17.9 Å². The third kappa shape index (κ3) is 2.72. The third-order valence-corrected chi connectivity index (χ3v) is 5.63. The van der Waals surface area contributed by atoms with Crippen LogP contribution in [0.1, 0.15) is 24.0 Å². The average Bonchev–Trinajstić information content (AvgIpc) is 3.10. The van der Waals surface area contributed by atoms with E-state index in [9.17, 15) is 4.39 Å². The number of anilines is 3. The lowest BCUT2D eigenvalue weighted by molar-refractivity contribution is 0.148. The van der Waals surface area contributed by atoms with Gasteiger partial charge in [0.05, 0.1) is 12.7 Å². The average molecular weight is 352 g/mol. The van der Waals surface area contributed by atoms with Crippen molar-refractivity contribution in [3.05, 3.63) is 41.3 Å². The van der Waals surface area contributed by atoms with Crippen LogP contribution in [0.25, 0.3) is 0 Å². The largest absolute Gasteiger partial charge is 0.340 e. The lowest BCUT2D eigenvalue weighted by Crippen LogP contribution is -2.60. The zero-order chi connectivity index (χ0) is 17.6. The Balaban J connectivity index is 1.34. The molecule has 134 valence electrons. The summed E-state index contributed by atoms with van der Waals surface area (Å²) in [5.74, 6) is 0.372. The van der Waals surface area contributed by atoms with E-state index in [1.807, 2.05) is 24.4 Å². The molecule has 6 nitrogen and oxygen atoms in total. The minimum atomic E-state index is -0.444. The predicted molar refractivity (Wildman–Crippen MR) is 99.8 cm³/mol. The summed E-state index contributed by atoms with van der Waals surface area (Å²) in [4.78, 5) is 15.0. The van der Waals surface area contributed by atoms with Gasteiger partial charge in [0.1, 0.15) is 0 Å². The van der Waals surface area contributed by atoms with Gasteiger partial charge in [-0.2, -0.15) is 4.98 Å². The number of hydrogen-bond donors (Lipinski definition) is 2. The number of fused-ring (bicyclic) bond motifs is 1. The first-order valence-corrected chi connectivity index (χ1v) is 9.09. The standard InChI is InChI=1S/C19H21FN6/c20-16-10-23-18(26-11-19(12-26)3-5-21-6-4-19)25-17(16)24-15-2-1-13-8-22-9-14(13)7-15/h1-2,7,9-10,21H,3-6,8,11-12H2,(H,23,24,25). The molecular weight excluding hydrogens is 331 g/mol. The van der Waals surface area contributed by atoms with Gasteiger partial charge in [-0.1, -0.05) is 6.07 Å². The Hall–Kier alpha value is -2.54. The molecule has 1 spiro atoms. The van der Waals surface area contributed by atoms with Crippen LogP contribution < -0.4 is 15.5 Å². The molecule has 26 heavy (non-hydrogen) atoms. The zero-order valence-corrected chi connectivity index (χ0v) is 14.5. The topological polar surface area (TPSA) is 65.4 Å². The van der Waals surface area contributed by atoms with Crippen LogP contribution in [-0.2, 0) is 6.54 Å². The van der Waals surface area contributed by atoms with Gasteiger partial charge in [0.2, 0.25) is 5.95 Å². The SMILES string of the molecule is Fc1cnc(N2CC3(CCNCC3)C2)nc1Nc1ccc2c(c1)C=NC2. The summed E-state index contributed by atoms with van der Waals surface area (Å²) in [5, 5.41) is 6.50. The molecule has 4 heterocycles. The fourth-order valence-corrected chi connectivity index (χ4v) is 4.09. The van der Waals surface area contributed by atoms with Crippen molar-refractivity contribution in [1.29, 1.82) is 0 Å². The van der Waals surface area contributed by atoms with Gasteiger partial charge >= 0.3 is 0 Å². The van der Waals surface area contributed by atoms with Crippen LogP contribution in [0.5, 0.6) is 0 Å². The molecule has 1 aromatic carbocycles. The number of hydrogen-bond acceptors (Lipinski definition) is 6. The number of halogens is 1. The highest BCUT2D eigenvalue weighted by atomic mass is 19.1. The second kappa shape index (κ2) is 6.02. The number of aliphatic imine (C=N–C) groups is 1. The van der Waals surface area contributed by atoms with E-state index in [1.165, 1.54) is 24.6 Å². The normalized spacial score (nSPS) is 20.1. The van der Waals surface area contributed by atoms with E-state index < -0.39 is 5.82 Å². The van der Waals surface area contributed by atoms with Gasteiger partial charge in [-0.15, -0.1) is 0 Å². The molecule has 0 bridgehead atoms. The van der Waals surface area contributed by atoms with Gasteiger partial charge in [0.15, 0.2) is 11.6 Å². The molecule has 2 saturated heterocycles. The lowest BCUT2D eigenvalue weighted by Gasteiger charge is -2.52. The Morgan fingerprint density at radius 1 is 1.19 bits per heavy atom. The first-order valence-electron chi connectivity index (χ1n) is 9.09. The van der Waals surface area contributed by atoms with E-state index in [0.717, 1.165) is 37.4 Å². The van der Waals surface area contributed by atoms with Gasteiger partial charge in [0, 0.05) is 30.4 Å². The number of nitrogens with zero attached hydrogens (tertiary/aromatic N) is 4. The molecular formula is C19H21FN6. The molecule has 0 aliphatic carbocycles. The van der Waals surface area contributed by atoms with Crippen molar-refractivity contribution in [2.75, 3.05) is 36.4 Å². The fraction of sp³-hybridized carbons (Fsp3) is 0.421. The summed E-state index contributed by atoms with van der Waals surface area (Å²) in [6.45, 7) is 4.77. The lowest BCUT2D eigenvalue weighted by atomic mass is 9.72. The zero-order valence-electron chi connectivity index (χ0n) is 14.5. The first kappa shape index (κ1) is 15.7. The molecule has 0 amide bonds. The second-order valence-corrected chi connectivity index (χ2v) is 7.48. The molecule has 0 atom stereocenters. The van der Waals surface area contributed by atoms with Gasteiger partial charge in [-0.25, -0.2) is 9.37 Å². The molecule has 2 fully saturated rings. The second-order valence-electron chi connectivity index (χ2n) is 7.48. The number of aromatic nitrogens is 2. The molecule has 3 aliphatic rings. The monoisotopic (exact) mass is 352 g/mol. The number of rotatable bonds is 3. The quantitative estimate of drug-likeness (QED) is 0.888. The number of nitrogens with one attached hydrogen (secondary N) is 2. The molecule has 1 aromatic heterocycles. The van der Waals surface area contributed by atoms with Crippen molar-refractivity contribution in [3.63, 3.8) is 0 Å². The smallest absolute Gasteiger partial charge is 0.227 e. The van der Waals surface area contributed by atoms with Crippen molar-refractivity contribution >= 4 is 23.7 Å². The maximum absolute atomic E-state index is 14.2. The summed E-state index contributed by atoms with van der Waals surface area (Å²) >= 11 is 0. The fourth-order valence-electron chi connectivity index (χ4n) is 4.09. The van der Waals surface area contributed by atoms with Gasteiger partial charge in [-0.05, 0) is 49.2 Å². The maximum Gasteiger partial charge on any atom is 0.227 e. The molecule has 2 N–H and O–H groups in total. The van der Waals surface area contributed by atoms with Crippen LogP contribution in [0.4, 0.5) is 21.8 Å². The van der Waals surface area contributed by atoms with E-state index >= 15 is 0 Å². The Labute approximate surface area is 151 Å². The highest BCUT2D eigenvalue weighted by Gasteiger charge is 2.44. The molecule has 2 aromatic rings. The highest BCUT2D eigenvalue weighted by molar-refractivity contribution is 5.86. The Kier molecular flexibility index (Phi) is 3.63. The number of piperidine rings is 1. The van der Waals surface area contributed by atoms with E-state index in [4.69, 9.17) is 0 Å². The predicted octanol–water partition coefficient (Wildman–Crippen LogP) is 2.48. The number of benzene rings is 1. The van der Waals surface area contributed by atoms with Crippen molar-refractivity contribution < 1.29 is 4.39 Å². The van der Waals surface area contributed by atoms with Crippen molar-refractivity contribution in [2.45, 2.75) is 19.4 Å². The van der Waals surface area contributed by atoms with Crippen molar-refractivity contribution in [2.24, 2.45) is 10.4 Å². The molecule has 3 aliphatic heterocycles. The summed E-state index contributed by atoms with van der Waals surface area (Å²) in [6.07, 6.45) is 5.48. The maximum atomic E-state index is 14.2. The van der Waals surface area contributed by atoms with Crippen LogP contribution in [-0.4, -0.2) is 42.4 Å². The van der Waals surface area contributed by atoms with Crippen LogP contribution in [0, 0.1) is 11.2 Å². The van der Waals surface area contributed by atoms with Gasteiger partial charge in [-0.3, -0.25) is 4.99 Å². The molecule has 0 saturated carbocycles. The van der Waals surface area contributed by atoms with Crippen molar-refractivity contribution in [3.8, 4) is 0 Å². The Morgan fingerprint density at radius 2 is 2.04 bits per heavy atom. The summed E-state index contributed by atoms with van der Waals surface area (Å²) < 4.78 is 14.2. The molecule has 7 heteroatoms. The Morgan fingerprint density at radius 3 is 2.88 bits per heavy atom. The molecule has 0 radical (unpaired) electrons. The van der Waals surface area contributed by atoms with Gasteiger partial charge in [0.25, 0.3) is 0 Å². The molecule has 0 unspecified atom stereocenters. The highest BCUT2D eigenvalue weighted by Crippen LogP contribution is 2.40. The van der Waals surface area contributed by atoms with Crippen LogP contribution in [0.3, 0.4) is 0 Å². The van der Waals surface area contributed by atoms with Crippen molar-refractivity contribution in [1.82, 2.24) is 15.3 Å². The molecule has 5 rings (SSSR count). The van der Waals surface area contributed by atoms with Crippen LogP contribution in [0.15, 0.2) is 29.4 Å². The summed E-state index contributed by atoms with van der Waals surface area (Å²) in [7, 11) is 0. The van der Waals surface area contributed by atoms with Crippen LogP contribution >= 0.6 is 0 Å². The van der Waals surface area contributed by atoms with E-state index in [1.54, 1.807) is 0 Å². The van der Waals surface area contributed by atoms with Crippen LogP contribution in [0.2, 0.25) is 0 Å². The summed E-state index contributed by atoms with van der Waals surface area (Å²) in [6, 6.07) is 5.92. The third-order valence-electron chi connectivity index (χ3n) is 5.63. The van der Waals surface area contributed by atoms with E-state index in [2.05, 4.69) is 30.5 Å². The summed E-state index contributed by atoms with van der Waals surface area (Å²) in [5.41, 5.74) is 3.45. The van der Waals surface area contributed by atoms with E-state index in [-0.39, 0.29) is 5.82 Å². The minimum absolute atomic E-state index is 0.219. The Bertz CT molecular complexity index is 866.